The van der Waals surface area contributed by atoms with Crippen LogP contribution in [0.25, 0.3) is 0 Å². The number of sulfone groups is 1. The van der Waals surface area contributed by atoms with Crippen LogP contribution >= 0.6 is 0 Å². The lowest BCUT2D eigenvalue weighted by Gasteiger charge is -2.05. The van der Waals surface area contributed by atoms with Crippen molar-refractivity contribution in [1.82, 2.24) is 0 Å². The summed E-state index contributed by atoms with van der Waals surface area (Å²) >= 11 is 0. The van der Waals surface area contributed by atoms with Crippen molar-refractivity contribution in [3.63, 3.8) is 0 Å². The van der Waals surface area contributed by atoms with Crippen LogP contribution in [0.2, 0.25) is 0 Å². The number of carboxylic acids is 1. The molecule has 4 nitrogen and oxygen atoms in total. The molecule has 0 saturated carbocycles. The highest BCUT2D eigenvalue weighted by molar-refractivity contribution is 7.90. The first-order chi connectivity index (χ1) is 6.86. The second kappa shape index (κ2) is 4.02. The van der Waals surface area contributed by atoms with Gasteiger partial charge in [0.25, 0.3) is 0 Å². The van der Waals surface area contributed by atoms with Crippen LogP contribution in [0.15, 0.2) is 23.1 Å². The number of aryl methyl sites for hydroxylation is 1. The molecule has 0 radical (unpaired) electrons. The molecule has 1 aromatic carbocycles. The molecule has 0 aromatic heterocycles. The van der Waals surface area contributed by atoms with Gasteiger partial charge in [0, 0.05) is 6.26 Å². The van der Waals surface area contributed by atoms with Crippen LogP contribution in [-0.4, -0.2) is 25.7 Å². The number of carboxylic acid groups (broad SMARTS) is 1. The van der Waals surface area contributed by atoms with Crippen LogP contribution in [-0.2, 0) is 16.3 Å². The van der Waals surface area contributed by atoms with E-state index in [0.29, 0.717) is 12.0 Å². The van der Waals surface area contributed by atoms with Crippen LogP contribution in [0.4, 0.5) is 0 Å². The highest BCUT2D eigenvalue weighted by Crippen LogP contribution is 2.16. The maximum Gasteiger partial charge on any atom is 0.336 e. The van der Waals surface area contributed by atoms with E-state index in [2.05, 4.69) is 0 Å². The zero-order chi connectivity index (χ0) is 11.6. The molecular formula is C10H12O4S. The van der Waals surface area contributed by atoms with Gasteiger partial charge >= 0.3 is 5.97 Å². The smallest absolute Gasteiger partial charge is 0.336 e. The lowest BCUT2D eigenvalue weighted by Crippen LogP contribution is -2.05. The molecular weight excluding hydrogens is 216 g/mol. The first kappa shape index (κ1) is 11.7. The van der Waals surface area contributed by atoms with Gasteiger partial charge in [0.1, 0.15) is 0 Å². The standard InChI is InChI=1S/C10H12O4S/c1-3-7-4-5-8(15(2,13)14)6-9(7)10(11)12/h4-6H,3H2,1-2H3,(H,11,12). The number of benzene rings is 1. The molecule has 0 aliphatic carbocycles. The Kier molecular flexibility index (Phi) is 3.14. The second-order valence-electron chi connectivity index (χ2n) is 3.25. The van der Waals surface area contributed by atoms with Gasteiger partial charge in [0.05, 0.1) is 10.5 Å². The summed E-state index contributed by atoms with van der Waals surface area (Å²) in [5.74, 6) is -1.10. The normalized spacial score (nSPS) is 11.3. The van der Waals surface area contributed by atoms with Crippen molar-refractivity contribution in [3.05, 3.63) is 29.3 Å². The van der Waals surface area contributed by atoms with Gasteiger partial charge in [-0.25, -0.2) is 13.2 Å². The zero-order valence-electron chi connectivity index (χ0n) is 8.52. The molecule has 1 aromatic rings. The van der Waals surface area contributed by atoms with E-state index in [4.69, 9.17) is 5.11 Å². The average Bonchev–Trinajstić information content (AvgIpc) is 2.15. The van der Waals surface area contributed by atoms with Crippen LogP contribution in [0.3, 0.4) is 0 Å². The molecule has 0 aliphatic rings. The fourth-order valence-electron chi connectivity index (χ4n) is 1.29. The third kappa shape index (κ3) is 2.56. The van der Waals surface area contributed by atoms with Gasteiger partial charge < -0.3 is 5.11 Å². The number of rotatable bonds is 3. The van der Waals surface area contributed by atoms with Gasteiger partial charge in [-0.2, -0.15) is 0 Å². The van der Waals surface area contributed by atoms with Gasteiger partial charge in [0.15, 0.2) is 9.84 Å². The second-order valence-corrected chi connectivity index (χ2v) is 5.27. The monoisotopic (exact) mass is 228 g/mol. The third-order valence-electron chi connectivity index (χ3n) is 2.12. The summed E-state index contributed by atoms with van der Waals surface area (Å²) in [5, 5.41) is 8.89. The van der Waals surface area contributed by atoms with Crippen LogP contribution in [0.1, 0.15) is 22.8 Å². The highest BCUT2D eigenvalue weighted by Gasteiger charge is 2.14. The fraction of sp³-hybridized carbons (Fsp3) is 0.300. The topological polar surface area (TPSA) is 71.4 Å². The first-order valence-electron chi connectivity index (χ1n) is 4.42. The van der Waals surface area contributed by atoms with Gasteiger partial charge in [-0.3, -0.25) is 0 Å². The minimum atomic E-state index is -3.35. The highest BCUT2D eigenvalue weighted by atomic mass is 32.2. The molecule has 0 heterocycles. The minimum Gasteiger partial charge on any atom is -0.478 e. The quantitative estimate of drug-likeness (QED) is 0.847. The lowest BCUT2D eigenvalue weighted by molar-refractivity contribution is 0.0695. The SMILES string of the molecule is CCc1ccc(S(C)(=O)=O)cc1C(=O)O. The Morgan fingerprint density at radius 1 is 1.40 bits per heavy atom. The van der Waals surface area contributed by atoms with Crippen molar-refractivity contribution in [2.75, 3.05) is 6.26 Å². The molecule has 0 fully saturated rings. The Bertz CT molecular complexity index is 488. The van der Waals surface area contributed by atoms with Crippen LogP contribution in [0.5, 0.6) is 0 Å². The summed E-state index contributed by atoms with van der Waals surface area (Å²) in [7, 11) is -3.35. The fourth-order valence-corrected chi connectivity index (χ4v) is 1.94. The van der Waals surface area contributed by atoms with Crippen molar-refractivity contribution in [2.45, 2.75) is 18.2 Å². The molecule has 5 heteroatoms. The summed E-state index contributed by atoms with van der Waals surface area (Å²) < 4.78 is 22.4. The number of hydrogen-bond acceptors (Lipinski definition) is 3. The lowest BCUT2D eigenvalue weighted by atomic mass is 10.1. The summed E-state index contributed by atoms with van der Waals surface area (Å²) in [6, 6.07) is 4.18. The van der Waals surface area contributed by atoms with Gasteiger partial charge in [-0.1, -0.05) is 13.0 Å². The van der Waals surface area contributed by atoms with Crippen molar-refractivity contribution in [3.8, 4) is 0 Å². The predicted octanol–water partition coefficient (Wildman–Crippen LogP) is 1.35. The Morgan fingerprint density at radius 2 is 2.00 bits per heavy atom. The Hall–Kier alpha value is -1.36. The van der Waals surface area contributed by atoms with E-state index < -0.39 is 15.8 Å². The van der Waals surface area contributed by atoms with Gasteiger partial charge in [0.2, 0.25) is 0 Å². The van der Waals surface area contributed by atoms with E-state index in [1.54, 1.807) is 6.07 Å². The van der Waals surface area contributed by atoms with E-state index in [9.17, 15) is 13.2 Å². The van der Waals surface area contributed by atoms with Crippen molar-refractivity contribution in [1.29, 1.82) is 0 Å². The number of carbonyl (C=O) groups is 1. The van der Waals surface area contributed by atoms with Crippen LogP contribution < -0.4 is 0 Å². The van der Waals surface area contributed by atoms with Crippen molar-refractivity contribution in [2.24, 2.45) is 0 Å². The average molecular weight is 228 g/mol. The molecule has 0 unspecified atom stereocenters. The molecule has 1 rings (SSSR count). The van der Waals surface area contributed by atoms with E-state index in [1.165, 1.54) is 12.1 Å². The molecule has 0 spiro atoms. The predicted molar refractivity (Wildman–Crippen MR) is 55.9 cm³/mol. The minimum absolute atomic E-state index is 0.0390. The van der Waals surface area contributed by atoms with Gasteiger partial charge in [-0.15, -0.1) is 0 Å². The van der Waals surface area contributed by atoms with E-state index >= 15 is 0 Å². The molecule has 0 amide bonds. The Labute approximate surface area is 88.5 Å². The molecule has 0 atom stereocenters. The summed E-state index contributed by atoms with van der Waals surface area (Å²) in [4.78, 5) is 10.9. The third-order valence-corrected chi connectivity index (χ3v) is 3.23. The summed E-state index contributed by atoms with van der Waals surface area (Å²) in [5.41, 5.74) is 0.690. The van der Waals surface area contributed by atoms with E-state index in [-0.39, 0.29) is 10.5 Å². The maximum absolute atomic E-state index is 11.2. The largest absolute Gasteiger partial charge is 0.478 e. The molecule has 0 aliphatic heterocycles. The molecule has 1 N–H and O–H groups in total. The molecule has 0 saturated heterocycles. The van der Waals surface area contributed by atoms with Crippen LogP contribution in [0, 0.1) is 0 Å². The van der Waals surface area contributed by atoms with Gasteiger partial charge in [-0.05, 0) is 24.1 Å². The first-order valence-corrected chi connectivity index (χ1v) is 6.31. The van der Waals surface area contributed by atoms with E-state index in [1.807, 2.05) is 6.92 Å². The number of aromatic carboxylic acids is 1. The molecule has 82 valence electrons. The maximum atomic E-state index is 11.2. The summed E-state index contributed by atoms with van der Waals surface area (Å²) in [6.45, 7) is 1.82. The summed E-state index contributed by atoms with van der Waals surface area (Å²) in [6.07, 6.45) is 1.62. The molecule has 15 heavy (non-hydrogen) atoms. The zero-order valence-corrected chi connectivity index (χ0v) is 9.34. The molecule has 0 bridgehead atoms. The number of hydrogen-bond donors (Lipinski definition) is 1. The van der Waals surface area contributed by atoms with Crippen molar-refractivity contribution >= 4 is 15.8 Å². The van der Waals surface area contributed by atoms with Crippen molar-refractivity contribution < 1.29 is 18.3 Å². The Morgan fingerprint density at radius 3 is 2.40 bits per heavy atom. The van der Waals surface area contributed by atoms with E-state index in [0.717, 1.165) is 6.26 Å². The Balaban J connectivity index is 3.42.